The van der Waals surface area contributed by atoms with Gasteiger partial charge in [0.15, 0.2) is 5.84 Å². The molecule has 1 aliphatic heterocycles. The smallest absolute Gasteiger partial charge is 0.213 e. The maximum atomic E-state index is 11.7. The number of hydrogen-bond donors (Lipinski definition) is 4. The minimum Gasteiger partial charge on any atom is -0.385 e. The normalized spacial score (nSPS) is 14.0. The predicted octanol–water partition coefficient (Wildman–Crippen LogP) is 2.79. The van der Waals surface area contributed by atoms with Gasteiger partial charge in [-0.05, 0) is 63.1 Å². The zero-order chi connectivity index (χ0) is 21.4. The van der Waals surface area contributed by atoms with Gasteiger partial charge in [-0.15, -0.1) is 10.6 Å². The first-order valence-electron chi connectivity index (χ1n) is 10.2. The van der Waals surface area contributed by atoms with Crippen molar-refractivity contribution in [2.45, 2.75) is 38.4 Å². The summed E-state index contributed by atoms with van der Waals surface area (Å²) in [5, 5.41) is 9.26. The summed E-state index contributed by atoms with van der Waals surface area (Å²) in [6.07, 6.45) is 2.78. The van der Waals surface area contributed by atoms with Crippen LogP contribution in [0.4, 0.5) is 11.4 Å². The Bertz CT molecular complexity index is 930. The van der Waals surface area contributed by atoms with Gasteiger partial charge in [0.2, 0.25) is 10.0 Å². The number of para-hydroxylation sites is 1. The number of sulfonamides is 1. The quantitative estimate of drug-likeness (QED) is 0.409. The lowest BCUT2D eigenvalue weighted by Gasteiger charge is -2.19. The molecule has 162 valence electrons. The number of amidine groups is 1. The van der Waals surface area contributed by atoms with Crippen molar-refractivity contribution in [1.82, 2.24) is 15.8 Å². The molecule has 2 aromatic carbocycles. The van der Waals surface area contributed by atoms with Crippen LogP contribution < -0.4 is 26.1 Å². The molecule has 30 heavy (non-hydrogen) atoms. The van der Waals surface area contributed by atoms with Crippen molar-refractivity contribution in [1.29, 1.82) is 0 Å². The van der Waals surface area contributed by atoms with Gasteiger partial charge in [0.1, 0.15) is 0 Å². The summed E-state index contributed by atoms with van der Waals surface area (Å²) < 4.78 is 26.0. The number of hydrogen-bond acceptors (Lipinski definition) is 7. The minimum absolute atomic E-state index is 0.385. The number of nitrogens with one attached hydrogen (secondary N) is 4. The Labute approximate surface area is 178 Å². The summed E-state index contributed by atoms with van der Waals surface area (Å²) in [6.45, 7) is 4.71. The molecule has 0 bridgehead atoms. The molecule has 8 nitrogen and oxygen atoms in total. The van der Waals surface area contributed by atoms with E-state index < -0.39 is 10.0 Å². The average molecular weight is 431 g/mol. The van der Waals surface area contributed by atoms with Crippen molar-refractivity contribution < 1.29 is 8.42 Å². The van der Waals surface area contributed by atoms with E-state index in [2.05, 4.69) is 26.2 Å². The van der Waals surface area contributed by atoms with Crippen molar-refractivity contribution in [3.63, 3.8) is 0 Å². The molecule has 2 aromatic rings. The summed E-state index contributed by atoms with van der Waals surface area (Å²) in [5.74, 6) is 0.802. The molecule has 0 fully saturated rings. The maximum Gasteiger partial charge on any atom is 0.213 e. The molecule has 0 saturated carbocycles. The van der Waals surface area contributed by atoms with Crippen molar-refractivity contribution in [2.75, 3.05) is 23.4 Å². The fraction of sp³-hybridized carbons (Fsp3) is 0.381. The van der Waals surface area contributed by atoms with Crippen LogP contribution in [0.25, 0.3) is 0 Å². The average Bonchev–Trinajstić information content (AvgIpc) is 3.24. The third-order valence-electron chi connectivity index (χ3n) is 4.80. The van der Waals surface area contributed by atoms with E-state index in [0.29, 0.717) is 6.54 Å². The largest absolute Gasteiger partial charge is 0.385 e. The van der Waals surface area contributed by atoms with Crippen LogP contribution in [0.2, 0.25) is 0 Å². The molecular weight excluding hydrogens is 400 g/mol. The standard InChI is InChI=1S/C21H30N6O2S/c1-17(2)30(28,29)23-16-8-4-7-15-22-19-13-11-18(12-14-19)21-24-25-26-27(21)20-9-5-3-6-10-20/h3,5-6,9-14,17,22-23,25-26H,4,7-8,15-16H2,1-2H3. The van der Waals surface area contributed by atoms with Crippen LogP contribution in [0.3, 0.4) is 0 Å². The molecule has 0 saturated heterocycles. The zero-order valence-corrected chi connectivity index (χ0v) is 18.2. The van der Waals surface area contributed by atoms with Crippen LogP contribution >= 0.6 is 0 Å². The highest BCUT2D eigenvalue weighted by molar-refractivity contribution is 7.90. The molecule has 1 aliphatic rings. The van der Waals surface area contributed by atoms with E-state index in [0.717, 1.165) is 48.6 Å². The van der Waals surface area contributed by atoms with Gasteiger partial charge in [0.25, 0.3) is 0 Å². The summed E-state index contributed by atoms with van der Waals surface area (Å²) in [6, 6.07) is 18.1. The Hall–Kier alpha value is -2.62. The first kappa shape index (κ1) is 22.1. The second-order valence-electron chi connectivity index (χ2n) is 7.38. The van der Waals surface area contributed by atoms with Gasteiger partial charge in [-0.25, -0.2) is 23.7 Å². The van der Waals surface area contributed by atoms with E-state index in [-0.39, 0.29) is 5.25 Å². The summed E-state index contributed by atoms with van der Waals surface area (Å²) >= 11 is 0. The van der Waals surface area contributed by atoms with Crippen LogP contribution in [-0.4, -0.2) is 32.6 Å². The number of hydrazine groups is 2. The van der Waals surface area contributed by atoms with Crippen LogP contribution in [0, 0.1) is 0 Å². The molecule has 0 radical (unpaired) electrons. The molecular formula is C21H30N6O2S. The molecule has 4 N–H and O–H groups in total. The van der Waals surface area contributed by atoms with Crippen LogP contribution in [0.1, 0.15) is 38.7 Å². The number of unbranched alkanes of at least 4 members (excludes halogenated alkanes) is 2. The van der Waals surface area contributed by atoms with E-state index in [1.165, 1.54) is 0 Å². The number of benzene rings is 2. The lowest BCUT2D eigenvalue weighted by atomic mass is 10.1. The lowest BCUT2D eigenvalue weighted by Crippen LogP contribution is -2.41. The van der Waals surface area contributed by atoms with Gasteiger partial charge < -0.3 is 5.32 Å². The zero-order valence-electron chi connectivity index (χ0n) is 17.4. The third kappa shape index (κ3) is 5.94. The molecule has 3 rings (SSSR count). The Kier molecular flexibility index (Phi) is 7.67. The second-order valence-corrected chi connectivity index (χ2v) is 9.70. The molecule has 0 aromatic heterocycles. The molecule has 0 amide bonds. The number of hydrazone groups is 1. The van der Waals surface area contributed by atoms with E-state index in [9.17, 15) is 8.42 Å². The number of rotatable bonds is 11. The van der Waals surface area contributed by atoms with Crippen LogP contribution in [-0.2, 0) is 10.0 Å². The van der Waals surface area contributed by atoms with E-state index in [4.69, 9.17) is 0 Å². The fourth-order valence-electron chi connectivity index (χ4n) is 2.97. The molecule has 0 atom stereocenters. The predicted molar refractivity (Wildman–Crippen MR) is 123 cm³/mol. The summed E-state index contributed by atoms with van der Waals surface area (Å²) in [4.78, 5) is 0. The second kappa shape index (κ2) is 10.4. The van der Waals surface area contributed by atoms with Crippen molar-refractivity contribution in [3.8, 4) is 0 Å². The SMILES string of the molecule is CC(C)S(=O)(=O)NCCCCCNc1ccc(C2=NNNN2c2ccccc2)cc1. The topological polar surface area (TPSA) is 97.9 Å². The van der Waals surface area contributed by atoms with Crippen molar-refractivity contribution in [2.24, 2.45) is 5.10 Å². The summed E-state index contributed by atoms with van der Waals surface area (Å²) in [7, 11) is -3.15. The van der Waals surface area contributed by atoms with Gasteiger partial charge in [-0.3, -0.25) is 0 Å². The monoisotopic (exact) mass is 430 g/mol. The highest BCUT2D eigenvalue weighted by Gasteiger charge is 2.20. The van der Waals surface area contributed by atoms with Crippen LogP contribution in [0.5, 0.6) is 0 Å². The molecule has 0 spiro atoms. The van der Waals surface area contributed by atoms with Crippen LogP contribution in [0.15, 0.2) is 59.7 Å². The van der Waals surface area contributed by atoms with E-state index in [1.54, 1.807) is 13.8 Å². The molecule has 9 heteroatoms. The van der Waals surface area contributed by atoms with E-state index >= 15 is 0 Å². The molecule has 0 aliphatic carbocycles. The Morgan fingerprint density at radius 1 is 0.967 bits per heavy atom. The number of nitrogens with zero attached hydrogens (tertiary/aromatic N) is 2. The van der Waals surface area contributed by atoms with Crippen molar-refractivity contribution >= 4 is 27.2 Å². The summed E-state index contributed by atoms with van der Waals surface area (Å²) in [5.41, 5.74) is 8.89. The van der Waals surface area contributed by atoms with Gasteiger partial charge in [0.05, 0.1) is 10.9 Å². The maximum absolute atomic E-state index is 11.7. The first-order chi connectivity index (χ1) is 14.5. The van der Waals surface area contributed by atoms with Gasteiger partial charge in [-0.2, -0.15) is 0 Å². The first-order valence-corrected chi connectivity index (χ1v) is 11.8. The highest BCUT2D eigenvalue weighted by Crippen LogP contribution is 2.18. The number of anilines is 2. The Morgan fingerprint density at radius 3 is 2.37 bits per heavy atom. The van der Waals surface area contributed by atoms with Gasteiger partial charge >= 0.3 is 0 Å². The van der Waals surface area contributed by atoms with E-state index in [1.807, 2.05) is 59.6 Å². The Morgan fingerprint density at radius 2 is 1.67 bits per heavy atom. The highest BCUT2D eigenvalue weighted by atomic mass is 32.2. The minimum atomic E-state index is -3.15. The molecule has 0 unspecified atom stereocenters. The third-order valence-corrected chi connectivity index (χ3v) is 6.65. The fourth-order valence-corrected chi connectivity index (χ4v) is 3.73. The van der Waals surface area contributed by atoms with Crippen molar-refractivity contribution in [3.05, 3.63) is 60.2 Å². The van der Waals surface area contributed by atoms with Gasteiger partial charge in [0, 0.05) is 24.3 Å². The lowest BCUT2D eigenvalue weighted by molar-refractivity contribution is 0.566. The Balaban J connectivity index is 1.41. The van der Waals surface area contributed by atoms with Gasteiger partial charge in [-0.1, -0.05) is 24.6 Å². The molecule has 1 heterocycles.